The summed E-state index contributed by atoms with van der Waals surface area (Å²) in [6.07, 6.45) is 0.778. The lowest BCUT2D eigenvalue weighted by Gasteiger charge is -2.24. The minimum atomic E-state index is -4.61. The van der Waals surface area contributed by atoms with Crippen molar-refractivity contribution in [2.45, 2.75) is 45.2 Å². The number of halogens is 6. The highest BCUT2D eigenvalue weighted by molar-refractivity contribution is 5.89. The van der Waals surface area contributed by atoms with Gasteiger partial charge in [-0.25, -0.2) is 13.2 Å². The molecule has 0 saturated heterocycles. The van der Waals surface area contributed by atoms with Gasteiger partial charge in [0.25, 0.3) is 0 Å². The molecule has 184 valence electrons. The number of rotatable bonds is 4. The van der Waals surface area contributed by atoms with Gasteiger partial charge in [-0.1, -0.05) is 43.4 Å². The molecule has 35 heavy (non-hydrogen) atoms. The fourth-order valence-corrected chi connectivity index (χ4v) is 4.52. The van der Waals surface area contributed by atoms with Crippen LogP contribution in [0, 0.1) is 41.1 Å². The molecule has 0 spiro atoms. The van der Waals surface area contributed by atoms with Crippen molar-refractivity contribution in [3.05, 3.63) is 65.5 Å². The van der Waals surface area contributed by atoms with E-state index in [2.05, 4.69) is 23.5 Å². The van der Waals surface area contributed by atoms with Gasteiger partial charge in [0.2, 0.25) is 0 Å². The Morgan fingerprint density at radius 1 is 0.914 bits per heavy atom. The molecule has 1 aliphatic carbocycles. The highest BCUT2D eigenvalue weighted by Gasteiger charge is 2.29. The summed E-state index contributed by atoms with van der Waals surface area (Å²) in [6.45, 7) is 0.555. The molecule has 0 aliphatic heterocycles. The van der Waals surface area contributed by atoms with Crippen molar-refractivity contribution < 1.29 is 31.1 Å². The zero-order chi connectivity index (χ0) is 25.2. The van der Waals surface area contributed by atoms with E-state index in [1.807, 2.05) is 0 Å². The molecule has 0 bridgehead atoms. The molecular weight excluding hydrogens is 466 g/mol. The van der Waals surface area contributed by atoms with E-state index in [1.165, 1.54) is 36.4 Å². The van der Waals surface area contributed by atoms with Gasteiger partial charge in [-0.2, -0.15) is 13.2 Å². The van der Waals surface area contributed by atoms with Gasteiger partial charge in [0.1, 0.15) is 11.6 Å². The molecule has 0 N–H and O–H groups in total. The van der Waals surface area contributed by atoms with Crippen molar-refractivity contribution in [1.82, 2.24) is 0 Å². The number of ether oxygens (including phenoxy) is 1. The van der Waals surface area contributed by atoms with Crippen LogP contribution >= 0.6 is 0 Å². The third-order valence-corrected chi connectivity index (χ3v) is 6.49. The molecule has 0 heterocycles. The Hall–Kier alpha value is -3.14. The topological polar surface area (TPSA) is 9.23 Å². The summed E-state index contributed by atoms with van der Waals surface area (Å²) >= 11 is 0. The molecule has 3 aromatic rings. The van der Waals surface area contributed by atoms with E-state index in [9.17, 15) is 26.3 Å². The summed E-state index contributed by atoms with van der Waals surface area (Å²) in [5.41, 5.74) is 0.145. The Morgan fingerprint density at radius 3 is 2.23 bits per heavy atom. The molecule has 1 aliphatic rings. The molecule has 1 saturated carbocycles. The Labute approximate surface area is 200 Å². The van der Waals surface area contributed by atoms with Gasteiger partial charge >= 0.3 is 6.18 Å². The van der Waals surface area contributed by atoms with Gasteiger partial charge in [0, 0.05) is 16.9 Å². The van der Waals surface area contributed by atoms with E-state index in [-0.39, 0.29) is 33.4 Å². The van der Waals surface area contributed by atoms with Gasteiger partial charge < -0.3 is 4.74 Å². The number of hydrogen-bond donors (Lipinski definition) is 0. The number of alkyl halides is 3. The van der Waals surface area contributed by atoms with Crippen molar-refractivity contribution >= 4 is 10.8 Å². The van der Waals surface area contributed by atoms with Gasteiger partial charge in [-0.15, -0.1) is 0 Å². The second-order valence-corrected chi connectivity index (χ2v) is 8.93. The molecule has 0 amide bonds. The number of benzene rings is 3. The summed E-state index contributed by atoms with van der Waals surface area (Å²) in [7, 11) is 0. The molecule has 4 rings (SSSR count). The highest BCUT2D eigenvalue weighted by atomic mass is 19.4. The molecule has 1 nitrogen and oxygen atoms in total. The lowest BCUT2D eigenvalue weighted by Crippen LogP contribution is -2.19. The van der Waals surface area contributed by atoms with Gasteiger partial charge in [0.15, 0.2) is 18.2 Å². The Kier molecular flexibility index (Phi) is 7.30. The van der Waals surface area contributed by atoms with Gasteiger partial charge in [-0.3, -0.25) is 0 Å². The van der Waals surface area contributed by atoms with Crippen molar-refractivity contribution in [1.29, 1.82) is 0 Å². The number of hydrogen-bond acceptors (Lipinski definition) is 1. The predicted octanol–water partition coefficient (Wildman–Crippen LogP) is 8.43. The maximum Gasteiger partial charge on any atom is 0.422 e. The third kappa shape index (κ3) is 5.93. The third-order valence-electron chi connectivity index (χ3n) is 6.49. The minimum absolute atomic E-state index is 0.0190. The molecule has 0 radical (unpaired) electrons. The lowest BCUT2D eigenvalue weighted by molar-refractivity contribution is -0.153. The summed E-state index contributed by atoms with van der Waals surface area (Å²) in [4.78, 5) is 0. The fraction of sp³-hybridized carbons (Fsp3) is 0.357. The molecule has 3 aromatic carbocycles. The van der Waals surface area contributed by atoms with Gasteiger partial charge in [0.05, 0.1) is 5.56 Å². The van der Waals surface area contributed by atoms with E-state index in [0.29, 0.717) is 0 Å². The average Bonchev–Trinajstić information content (AvgIpc) is 2.81. The zero-order valence-corrected chi connectivity index (χ0v) is 19.1. The Balaban J connectivity index is 1.57. The van der Waals surface area contributed by atoms with Crippen LogP contribution in [0.5, 0.6) is 5.75 Å². The van der Waals surface area contributed by atoms with Crippen molar-refractivity contribution in [2.24, 2.45) is 11.8 Å². The summed E-state index contributed by atoms with van der Waals surface area (Å²) in [6, 6.07) is 8.73. The lowest BCUT2D eigenvalue weighted by atomic mass is 9.81. The van der Waals surface area contributed by atoms with E-state index in [1.54, 1.807) is 0 Å². The molecule has 1 fully saturated rings. The summed E-state index contributed by atoms with van der Waals surface area (Å²) in [5, 5.41) is 0.249. The maximum absolute atomic E-state index is 14.9. The van der Waals surface area contributed by atoms with Crippen LogP contribution in [0.2, 0.25) is 0 Å². The van der Waals surface area contributed by atoms with E-state index in [0.717, 1.165) is 44.1 Å². The van der Waals surface area contributed by atoms with Crippen LogP contribution in [-0.4, -0.2) is 12.8 Å². The van der Waals surface area contributed by atoms with E-state index >= 15 is 0 Å². The SMILES string of the molecule is CCC1CCC(C#Cc2cc(F)c(-c3ccc4c(F)c(OCC(F)(F)F)ccc4c3)c(F)c2)CC1. The Bertz CT molecular complexity index is 1250. The zero-order valence-electron chi connectivity index (χ0n) is 19.1. The van der Waals surface area contributed by atoms with Crippen molar-refractivity contribution in [3.63, 3.8) is 0 Å². The molecule has 7 heteroatoms. The largest absolute Gasteiger partial charge is 0.481 e. The summed E-state index contributed by atoms with van der Waals surface area (Å²) < 4.78 is 86.1. The first kappa shape index (κ1) is 25.0. The molecular formula is C28H24F6O. The molecule has 0 unspecified atom stereocenters. The van der Waals surface area contributed by atoms with Crippen LogP contribution < -0.4 is 4.74 Å². The number of fused-ring (bicyclic) bond motifs is 1. The first-order valence-corrected chi connectivity index (χ1v) is 11.6. The van der Waals surface area contributed by atoms with E-state index in [4.69, 9.17) is 0 Å². The highest BCUT2D eigenvalue weighted by Crippen LogP contribution is 2.34. The van der Waals surface area contributed by atoms with E-state index < -0.39 is 36.0 Å². The van der Waals surface area contributed by atoms with Crippen molar-refractivity contribution in [3.8, 4) is 28.7 Å². The first-order chi connectivity index (χ1) is 16.6. The Morgan fingerprint density at radius 2 is 1.60 bits per heavy atom. The molecule has 0 aromatic heterocycles. The standard InChI is InChI=1S/C28H24F6O/c1-2-17-3-5-18(6-4-17)7-8-19-13-23(29)26(24(30)14-19)21-9-11-22-20(15-21)10-12-25(27(22)31)35-16-28(32,33)34/h9-15,17-18H,2-6,16H2,1H3. The second-order valence-electron chi connectivity index (χ2n) is 8.93. The van der Waals surface area contributed by atoms with Crippen LogP contribution in [0.25, 0.3) is 21.9 Å². The normalized spacial score (nSPS) is 18.3. The minimum Gasteiger partial charge on any atom is -0.481 e. The van der Waals surface area contributed by atoms with Crippen LogP contribution in [0.15, 0.2) is 42.5 Å². The average molecular weight is 490 g/mol. The second kappa shape index (κ2) is 10.2. The maximum atomic E-state index is 14.9. The molecule has 0 atom stereocenters. The smallest absolute Gasteiger partial charge is 0.422 e. The van der Waals surface area contributed by atoms with Crippen LogP contribution in [0.1, 0.15) is 44.6 Å². The predicted molar refractivity (Wildman–Crippen MR) is 123 cm³/mol. The van der Waals surface area contributed by atoms with Crippen LogP contribution in [-0.2, 0) is 0 Å². The fourth-order valence-electron chi connectivity index (χ4n) is 4.52. The van der Waals surface area contributed by atoms with Gasteiger partial charge in [-0.05, 0) is 66.8 Å². The van der Waals surface area contributed by atoms with Crippen LogP contribution in [0.4, 0.5) is 26.3 Å². The summed E-state index contributed by atoms with van der Waals surface area (Å²) in [5.74, 6) is 3.88. The quantitative estimate of drug-likeness (QED) is 0.263. The monoisotopic (exact) mass is 490 g/mol. The van der Waals surface area contributed by atoms with Crippen LogP contribution in [0.3, 0.4) is 0 Å². The first-order valence-electron chi connectivity index (χ1n) is 11.6. The van der Waals surface area contributed by atoms with Crippen molar-refractivity contribution in [2.75, 3.05) is 6.61 Å².